The number of rotatable bonds is 7. The van der Waals surface area contributed by atoms with E-state index in [-0.39, 0.29) is 11.5 Å². The van der Waals surface area contributed by atoms with Crippen molar-refractivity contribution in [1.82, 2.24) is 0 Å². The Morgan fingerprint density at radius 3 is 2.15 bits per heavy atom. The molecule has 3 aromatic carbocycles. The molecule has 0 saturated heterocycles. The number of phenols is 2. The average molecular weight is 363 g/mol. The normalized spacial score (nSPS) is 10.7. The number of nitrogens with zero attached hydrogens (tertiary/aromatic N) is 1. The number of aromatic hydroxyl groups is 2. The van der Waals surface area contributed by atoms with E-state index in [1.807, 2.05) is 55.5 Å². The Bertz CT molecular complexity index is 907. The number of hydrogen-bond acceptors (Lipinski definition) is 6. The van der Waals surface area contributed by atoms with Crippen LogP contribution in [0.1, 0.15) is 12.5 Å². The van der Waals surface area contributed by atoms with Crippen LogP contribution < -0.4 is 15.5 Å². The van der Waals surface area contributed by atoms with Crippen LogP contribution in [0.5, 0.6) is 17.2 Å². The third-order valence-corrected chi connectivity index (χ3v) is 3.75. The first-order valence-corrected chi connectivity index (χ1v) is 8.55. The van der Waals surface area contributed by atoms with E-state index in [1.165, 1.54) is 18.3 Å². The summed E-state index contributed by atoms with van der Waals surface area (Å²) in [6.45, 7) is 2.61. The molecule has 0 fully saturated rings. The molecule has 0 saturated carbocycles. The molecule has 138 valence electrons. The molecule has 0 unspecified atom stereocenters. The number of phenolic OH excluding ortho intramolecular Hbond substituents is 2. The molecule has 3 rings (SSSR count). The summed E-state index contributed by atoms with van der Waals surface area (Å²) in [5, 5.41) is 26.4. The molecule has 0 bridgehead atoms. The van der Waals surface area contributed by atoms with Gasteiger partial charge in [-0.3, -0.25) is 5.43 Å². The standard InChI is InChI=1S/C21H21N3O3/c1-2-27-20-11-8-17(9-12-20)23-16-4-6-18(7-5-16)24-22-14-15-3-10-19(25)13-21(15)26/h3-14,23-26H,2H2,1H3. The Morgan fingerprint density at radius 1 is 0.889 bits per heavy atom. The van der Waals surface area contributed by atoms with E-state index in [9.17, 15) is 10.2 Å². The van der Waals surface area contributed by atoms with Gasteiger partial charge in [0.25, 0.3) is 0 Å². The highest BCUT2D eigenvalue weighted by molar-refractivity contribution is 5.84. The summed E-state index contributed by atoms with van der Waals surface area (Å²) in [6, 6.07) is 19.8. The molecule has 27 heavy (non-hydrogen) atoms. The lowest BCUT2D eigenvalue weighted by molar-refractivity contribution is 0.340. The van der Waals surface area contributed by atoms with Crippen LogP contribution in [-0.2, 0) is 0 Å². The number of ether oxygens (including phenoxy) is 1. The fraction of sp³-hybridized carbons (Fsp3) is 0.0952. The van der Waals surface area contributed by atoms with Crippen molar-refractivity contribution in [3.05, 3.63) is 72.3 Å². The number of hydrazone groups is 1. The molecule has 0 heterocycles. The molecule has 0 aromatic heterocycles. The first-order valence-electron chi connectivity index (χ1n) is 8.55. The third-order valence-electron chi connectivity index (χ3n) is 3.75. The summed E-state index contributed by atoms with van der Waals surface area (Å²) in [5.74, 6) is 0.823. The predicted molar refractivity (Wildman–Crippen MR) is 108 cm³/mol. The van der Waals surface area contributed by atoms with Gasteiger partial charge in [-0.2, -0.15) is 5.10 Å². The van der Waals surface area contributed by atoms with Crippen LogP contribution in [0.15, 0.2) is 71.8 Å². The minimum atomic E-state index is -0.0320. The molecular formula is C21H21N3O3. The van der Waals surface area contributed by atoms with Gasteiger partial charge in [0.2, 0.25) is 0 Å². The SMILES string of the molecule is CCOc1ccc(Nc2ccc(NN=Cc3ccc(O)cc3O)cc2)cc1. The van der Waals surface area contributed by atoms with Crippen molar-refractivity contribution in [3.63, 3.8) is 0 Å². The smallest absolute Gasteiger partial charge is 0.128 e. The quantitative estimate of drug-likeness (QED) is 0.361. The van der Waals surface area contributed by atoms with Gasteiger partial charge in [-0.15, -0.1) is 0 Å². The summed E-state index contributed by atoms with van der Waals surface area (Å²) < 4.78 is 5.43. The lowest BCUT2D eigenvalue weighted by Crippen LogP contribution is -1.94. The molecular weight excluding hydrogens is 342 g/mol. The largest absolute Gasteiger partial charge is 0.508 e. The van der Waals surface area contributed by atoms with Crippen LogP contribution >= 0.6 is 0 Å². The van der Waals surface area contributed by atoms with E-state index in [2.05, 4.69) is 15.8 Å². The summed E-state index contributed by atoms with van der Waals surface area (Å²) in [6.07, 6.45) is 1.49. The van der Waals surface area contributed by atoms with Crippen LogP contribution in [-0.4, -0.2) is 23.0 Å². The Morgan fingerprint density at radius 2 is 1.52 bits per heavy atom. The van der Waals surface area contributed by atoms with E-state index in [0.29, 0.717) is 12.2 Å². The fourth-order valence-electron chi connectivity index (χ4n) is 2.41. The highest BCUT2D eigenvalue weighted by Crippen LogP contribution is 2.22. The van der Waals surface area contributed by atoms with Gasteiger partial charge in [-0.1, -0.05) is 0 Å². The number of anilines is 3. The van der Waals surface area contributed by atoms with Crippen LogP contribution in [0.2, 0.25) is 0 Å². The van der Waals surface area contributed by atoms with Crippen molar-refractivity contribution in [2.45, 2.75) is 6.92 Å². The monoisotopic (exact) mass is 363 g/mol. The minimum absolute atomic E-state index is 0.00762. The van der Waals surface area contributed by atoms with Gasteiger partial charge >= 0.3 is 0 Å². The van der Waals surface area contributed by atoms with Crippen molar-refractivity contribution in [2.24, 2.45) is 5.10 Å². The molecule has 0 amide bonds. The second-order valence-electron chi connectivity index (χ2n) is 5.77. The maximum Gasteiger partial charge on any atom is 0.128 e. The number of benzene rings is 3. The van der Waals surface area contributed by atoms with Gasteiger partial charge in [-0.05, 0) is 67.6 Å². The molecule has 0 aliphatic carbocycles. The number of hydrogen-bond donors (Lipinski definition) is 4. The fourth-order valence-corrected chi connectivity index (χ4v) is 2.41. The Labute approximate surface area is 157 Å². The summed E-state index contributed by atoms with van der Waals surface area (Å²) in [4.78, 5) is 0. The molecule has 3 aromatic rings. The van der Waals surface area contributed by atoms with Crippen molar-refractivity contribution in [1.29, 1.82) is 0 Å². The van der Waals surface area contributed by atoms with Gasteiger partial charge in [0.05, 0.1) is 18.5 Å². The van der Waals surface area contributed by atoms with Gasteiger partial charge in [0.15, 0.2) is 0 Å². The predicted octanol–water partition coefficient (Wildman–Crippen LogP) is 4.69. The first-order chi connectivity index (χ1) is 13.1. The zero-order valence-electron chi connectivity index (χ0n) is 14.9. The second-order valence-corrected chi connectivity index (χ2v) is 5.77. The molecule has 0 atom stereocenters. The molecule has 6 heteroatoms. The lowest BCUT2D eigenvalue weighted by Gasteiger charge is -2.09. The van der Waals surface area contributed by atoms with Gasteiger partial charge in [0.1, 0.15) is 17.2 Å². The van der Waals surface area contributed by atoms with E-state index in [4.69, 9.17) is 4.74 Å². The highest BCUT2D eigenvalue weighted by atomic mass is 16.5. The lowest BCUT2D eigenvalue weighted by atomic mass is 10.2. The Kier molecular flexibility index (Phi) is 5.79. The van der Waals surface area contributed by atoms with Crippen molar-refractivity contribution >= 4 is 23.3 Å². The van der Waals surface area contributed by atoms with E-state index in [1.54, 1.807) is 6.07 Å². The van der Waals surface area contributed by atoms with Crippen LogP contribution in [0.25, 0.3) is 0 Å². The maximum absolute atomic E-state index is 9.72. The van der Waals surface area contributed by atoms with E-state index in [0.717, 1.165) is 22.8 Å². The van der Waals surface area contributed by atoms with Crippen molar-refractivity contribution < 1.29 is 14.9 Å². The minimum Gasteiger partial charge on any atom is -0.508 e. The van der Waals surface area contributed by atoms with E-state index < -0.39 is 0 Å². The van der Waals surface area contributed by atoms with Gasteiger partial charge in [-0.25, -0.2) is 0 Å². The van der Waals surface area contributed by atoms with Crippen molar-refractivity contribution in [2.75, 3.05) is 17.3 Å². The highest BCUT2D eigenvalue weighted by Gasteiger charge is 2.00. The molecule has 4 N–H and O–H groups in total. The zero-order chi connectivity index (χ0) is 19.1. The second kappa shape index (κ2) is 8.62. The first kappa shape index (κ1) is 18.1. The molecule has 0 aliphatic heterocycles. The van der Waals surface area contributed by atoms with E-state index >= 15 is 0 Å². The zero-order valence-corrected chi connectivity index (χ0v) is 14.9. The number of nitrogens with one attached hydrogen (secondary N) is 2. The Balaban J connectivity index is 1.57. The van der Waals surface area contributed by atoms with Crippen LogP contribution in [0, 0.1) is 0 Å². The van der Waals surface area contributed by atoms with Crippen LogP contribution in [0.4, 0.5) is 17.1 Å². The summed E-state index contributed by atoms with van der Waals surface area (Å²) in [5.41, 5.74) is 6.14. The Hall–Kier alpha value is -3.67. The van der Waals surface area contributed by atoms with Gasteiger partial charge in [0, 0.05) is 23.0 Å². The molecule has 0 radical (unpaired) electrons. The maximum atomic E-state index is 9.72. The topological polar surface area (TPSA) is 86.1 Å². The molecule has 0 aliphatic rings. The summed E-state index contributed by atoms with van der Waals surface area (Å²) >= 11 is 0. The third kappa shape index (κ3) is 5.15. The van der Waals surface area contributed by atoms with Crippen molar-refractivity contribution in [3.8, 4) is 17.2 Å². The molecule has 6 nitrogen and oxygen atoms in total. The van der Waals surface area contributed by atoms with Crippen LogP contribution in [0.3, 0.4) is 0 Å². The van der Waals surface area contributed by atoms with Gasteiger partial charge < -0.3 is 20.3 Å². The average Bonchev–Trinajstić information content (AvgIpc) is 2.67. The summed E-state index contributed by atoms with van der Waals surface area (Å²) in [7, 11) is 0. The molecule has 0 spiro atoms.